The maximum absolute atomic E-state index is 15.5. The van der Waals surface area contributed by atoms with Crippen LogP contribution in [0.1, 0.15) is 18.1 Å². The highest BCUT2D eigenvalue weighted by molar-refractivity contribution is 5.78. The third-order valence-corrected chi connectivity index (χ3v) is 6.98. The summed E-state index contributed by atoms with van der Waals surface area (Å²) in [5, 5.41) is 19.4. The maximum Gasteiger partial charge on any atom is 0.225 e. The zero-order chi connectivity index (χ0) is 26.4. The van der Waals surface area contributed by atoms with Crippen LogP contribution in [-0.2, 0) is 12.6 Å². The summed E-state index contributed by atoms with van der Waals surface area (Å²) in [7, 11) is 1.78. The number of aryl methyl sites for hydroxylation is 1. The van der Waals surface area contributed by atoms with Gasteiger partial charge in [-0.05, 0) is 24.6 Å². The standard InChI is InChI=1S/C26H25F2N9O/c1-26(38,18-3-5-20(27)6-4-18)19-12-29-25(30-13-19)36-9-7-35(8-10-36)24-23-22(28)21(15-37(23)33-16-31-24)17-11-32-34(2)14-17/h3-6,11-16,38H,7-10H2,1-2H3/t26-/m0/s1. The number of aromatic nitrogens is 7. The second-order valence-corrected chi connectivity index (χ2v) is 9.46. The van der Waals surface area contributed by atoms with Gasteiger partial charge in [-0.15, -0.1) is 0 Å². The highest BCUT2D eigenvalue weighted by Crippen LogP contribution is 2.32. The SMILES string of the molecule is Cn1cc(-c2cn3ncnc(N4CCN(c5ncc([C@@](C)(O)c6ccc(F)cc6)cn5)CC4)c3c2F)cn1. The molecular formula is C26H25F2N9O. The second-order valence-electron chi connectivity index (χ2n) is 9.46. The van der Waals surface area contributed by atoms with E-state index in [9.17, 15) is 9.50 Å². The van der Waals surface area contributed by atoms with Gasteiger partial charge in [-0.2, -0.15) is 10.2 Å². The van der Waals surface area contributed by atoms with Gasteiger partial charge in [-0.25, -0.2) is 28.2 Å². The van der Waals surface area contributed by atoms with Crippen LogP contribution in [0.15, 0.2) is 61.6 Å². The number of halogens is 2. The molecule has 1 fully saturated rings. The van der Waals surface area contributed by atoms with Gasteiger partial charge >= 0.3 is 0 Å². The van der Waals surface area contributed by atoms with E-state index in [0.29, 0.717) is 65.7 Å². The summed E-state index contributed by atoms with van der Waals surface area (Å²) >= 11 is 0. The Bertz CT molecular complexity index is 1590. The first-order valence-electron chi connectivity index (χ1n) is 12.1. The molecule has 4 aromatic heterocycles. The number of hydrogen-bond donors (Lipinski definition) is 1. The molecule has 194 valence electrons. The summed E-state index contributed by atoms with van der Waals surface area (Å²) in [5.41, 5.74) is 1.10. The third kappa shape index (κ3) is 4.12. The Morgan fingerprint density at radius 1 is 0.842 bits per heavy atom. The monoisotopic (exact) mass is 517 g/mol. The molecule has 1 saturated heterocycles. The molecule has 1 N–H and O–H groups in total. The Morgan fingerprint density at radius 2 is 1.53 bits per heavy atom. The van der Waals surface area contributed by atoms with E-state index in [-0.39, 0.29) is 11.6 Å². The molecule has 0 amide bonds. The molecule has 12 heteroatoms. The lowest BCUT2D eigenvalue weighted by molar-refractivity contribution is 0.101. The van der Waals surface area contributed by atoms with Crippen molar-refractivity contribution in [2.45, 2.75) is 12.5 Å². The van der Waals surface area contributed by atoms with Crippen molar-refractivity contribution in [3.8, 4) is 11.1 Å². The van der Waals surface area contributed by atoms with Gasteiger partial charge in [0, 0.05) is 74.7 Å². The van der Waals surface area contributed by atoms with Gasteiger partial charge in [0.2, 0.25) is 5.95 Å². The number of benzene rings is 1. The van der Waals surface area contributed by atoms with Crippen molar-refractivity contribution in [1.82, 2.24) is 34.3 Å². The van der Waals surface area contributed by atoms with E-state index in [4.69, 9.17) is 0 Å². The number of fused-ring (bicyclic) bond motifs is 1. The first-order chi connectivity index (χ1) is 18.3. The molecule has 1 aliphatic rings. The highest BCUT2D eigenvalue weighted by atomic mass is 19.1. The minimum absolute atomic E-state index is 0.323. The van der Waals surface area contributed by atoms with Crippen LogP contribution in [0, 0.1) is 11.6 Å². The summed E-state index contributed by atoms with van der Waals surface area (Å²) in [6.45, 7) is 3.99. The fourth-order valence-corrected chi connectivity index (χ4v) is 4.75. The lowest BCUT2D eigenvalue weighted by Crippen LogP contribution is -2.47. The molecule has 0 unspecified atom stereocenters. The summed E-state index contributed by atoms with van der Waals surface area (Å²) < 4.78 is 32.0. The number of nitrogens with zero attached hydrogens (tertiary/aromatic N) is 9. The molecular weight excluding hydrogens is 492 g/mol. The first-order valence-corrected chi connectivity index (χ1v) is 12.1. The predicted octanol–water partition coefficient (Wildman–Crippen LogP) is 2.78. The topological polar surface area (TPSA) is 101 Å². The van der Waals surface area contributed by atoms with Crippen LogP contribution >= 0.6 is 0 Å². The average Bonchev–Trinajstić information content (AvgIpc) is 3.52. The van der Waals surface area contributed by atoms with Crippen LogP contribution in [0.25, 0.3) is 16.6 Å². The van der Waals surface area contributed by atoms with Gasteiger partial charge in [0.15, 0.2) is 11.6 Å². The van der Waals surface area contributed by atoms with E-state index < -0.39 is 5.60 Å². The quantitative estimate of drug-likeness (QED) is 0.380. The van der Waals surface area contributed by atoms with Crippen LogP contribution < -0.4 is 9.80 Å². The van der Waals surface area contributed by atoms with Crippen LogP contribution in [-0.4, -0.2) is 65.6 Å². The largest absolute Gasteiger partial charge is 0.381 e. The van der Waals surface area contributed by atoms with Crippen molar-refractivity contribution >= 4 is 17.3 Å². The smallest absolute Gasteiger partial charge is 0.225 e. The van der Waals surface area contributed by atoms with Gasteiger partial charge in [0.1, 0.15) is 23.3 Å². The zero-order valence-electron chi connectivity index (χ0n) is 20.8. The fraction of sp³-hybridized carbons (Fsp3) is 0.269. The summed E-state index contributed by atoms with van der Waals surface area (Å²) in [6, 6.07) is 5.70. The summed E-state index contributed by atoms with van der Waals surface area (Å²) in [6.07, 6.45) is 9.63. The van der Waals surface area contributed by atoms with E-state index >= 15 is 4.39 Å². The Kier molecular flexibility index (Phi) is 5.75. The normalized spacial score (nSPS) is 15.7. The highest BCUT2D eigenvalue weighted by Gasteiger charge is 2.28. The molecule has 0 bridgehead atoms. The van der Waals surface area contributed by atoms with Gasteiger partial charge in [0.25, 0.3) is 0 Å². The van der Waals surface area contributed by atoms with Crippen molar-refractivity contribution in [3.63, 3.8) is 0 Å². The second kappa shape index (κ2) is 9.14. The summed E-state index contributed by atoms with van der Waals surface area (Å²) in [4.78, 5) is 17.4. The molecule has 6 rings (SSSR count). The number of aliphatic hydroxyl groups is 1. The molecule has 0 aliphatic carbocycles. The van der Waals surface area contributed by atoms with Crippen molar-refractivity contribution < 1.29 is 13.9 Å². The molecule has 38 heavy (non-hydrogen) atoms. The zero-order valence-corrected chi connectivity index (χ0v) is 20.8. The number of piperazine rings is 1. The lowest BCUT2D eigenvalue weighted by atomic mass is 9.90. The average molecular weight is 518 g/mol. The number of anilines is 2. The van der Waals surface area contributed by atoms with Gasteiger partial charge in [-0.3, -0.25) is 4.68 Å². The Labute approximate surface area is 216 Å². The molecule has 0 spiro atoms. The molecule has 10 nitrogen and oxygen atoms in total. The molecule has 0 radical (unpaired) electrons. The molecule has 5 heterocycles. The molecule has 1 atom stereocenters. The first kappa shape index (κ1) is 23.9. The van der Waals surface area contributed by atoms with Crippen molar-refractivity contribution in [2.75, 3.05) is 36.0 Å². The van der Waals surface area contributed by atoms with E-state index in [1.165, 1.54) is 23.0 Å². The lowest BCUT2D eigenvalue weighted by Gasteiger charge is -2.35. The van der Waals surface area contributed by atoms with Crippen LogP contribution in [0.5, 0.6) is 0 Å². The number of rotatable bonds is 5. The molecule has 5 aromatic rings. The van der Waals surface area contributed by atoms with E-state index in [1.807, 2.05) is 9.80 Å². The molecule has 0 saturated carbocycles. The Hall–Kier alpha value is -4.45. The maximum atomic E-state index is 15.5. The van der Waals surface area contributed by atoms with Gasteiger partial charge in [0.05, 0.1) is 6.20 Å². The summed E-state index contributed by atoms with van der Waals surface area (Å²) in [5.74, 6) is 0.303. The van der Waals surface area contributed by atoms with Crippen molar-refractivity contribution in [3.05, 3.63) is 84.3 Å². The Balaban J connectivity index is 1.19. The van der Waals surface area contributed by atoms with Crippen LogP contribution in [0.3, 0.4) is 0 Å². The Morgan fingerprint density at radius 3 is 2.18 bits per heavy atom. The third-order valence-electron chi connectivity index (χ3n) is 6.98. The van der Waals surface area contributed by atoms with Crippen molar-refractivity contribution in [2.24, 2.45) is 7.05 Å². The van der Waals surface area contributed by atoms with Crippen molar-refractivity contribution in [1.29, 1.82) is 0 Å². The minimum atomic E-state index is -1.36. The van der Waals surface area contributed by atoms with E-state index in [2.05, 4.69) is 25.1 Å². The van der Waals surface area contributed by atoms with Crippen LogP contribution in [0.2, 0.25) is 0 Å². The van der Waals surface area contributed by atoms with Crippen LogP contribution in [0.4, 0.5) is 20.5 Å². The minimum Gasteiger partial charge on any atom is -0.381 e. The number of hydrogen-bond acceptors (Lipinski definition) is 8. The van der Waals surface area contributed by atoms with E-state index in [1.54, 1.807) is 61.8 Å². The predicted molar refractivity (Wildman–Crippen MR) is 137 cm³/mol. The van der Waals surface area contributed by atoms with Gasteiger partial charge < -0.3 is 14.9 Å². The molecule has 1 aliphatic heterocycles. The fourth-order valence-electron chi connectivity index (χ4n) is 4.75. The van der Waals surface area contributed by atoms with Gasteiger partial charge in [-0.1, -0.05) is 12.1 Å². The van der Waals surface area contributed by atoms with E-state index in [0.717, 1.165) is 0 Å². The molecule has 1 aromatic carbocycles.